The summed E-state index contributed by atoms with van der Waals surface area (Å²) in [6.07, 6.45) is -4.72. The topological polar surface area (TPSA) is 75.3 Å². The summed E-state index contributed by atoms with van der Waals surface area (Å²) >= 11 is 6.73. The second kappa shape index (κ2) is 7.42. The van der Waals surface area contributed by atoms with Gasteiger partial charge in [-0.1, -0.05) is 0 Å². The Morgan fingerprint density at radius 2 is 2.15 bits per heavy atom. The molecule has 1 aromatic carbocycles. The number of rotatable bonds is 3. The van der Waals surface area contributed by atoms with Gasteiger partial charge in [0.2, 0.25) is 5.91 Å². The molecule has 0 bridgehead atoms. The fraction of sp³-hybridized carbons (Fsp3) is 0.438. The maximum absolute atomic E-state index is 13.1. The van der Waals surface area contributed by atoms with Gasteiger partial charge in [0, 0.05) is 16.4 Å². The molecule has 2 heterocycles. The van der Waals surface area contributed by atoms with Gasteiger partial charge in [-0.3, -0.25) is 14.7 Å². The molecule has 0 unspecified atom stereocenters. The van der Waals surface area contributed by atoms with E-state index in [-0.39, 0.29) is 19.4 Å². The van der Waals surface area contributed by atoms with Crippen molar-refractivity contribution in [3.05, 3.63) is 26.3 Å². The van der Waals surface area contributed by atoms with Gasteiger partial charge in [-0.05, 0) is 55.5 Å². The molecule has 2 aromatic rings. The first-order chi connectivity index (χ1) is 12.6. The molecule has 0 spiro atoms. The van der Waals surface area contributed by atoms with Crippen LogP contribution < -0.4 is 0 Å². The van der Waals surface area contributed by atoms with Gasteiger partial charge in [-0.25, -0.2) is 0 Å². The van der Waals surface area contributed by atoms with Gasteiger partial charge in [0.1, 0.15) is 16.7 Å². The van der Waals surface area contributed by atoms with Gasteiger partial charge in [-0.2, -0.15) is 18.3 Å². The largest absolute Gasteiger partial charge is 0.469 e. The number of ether oxygens (including phenoxy) is 1. The van der Waals surface area contributed by atoms with Crippen LogP contribution in [0.15, 0.2) is 15.1 Å². The third-order valence-electron chi connectivity index (χ3n) is 4.43. The number of methoxy groups -OCH3 is 1. The number of fused-ring (bicyclic) bond motifs is 3. The van der Waals surface area contributed by atoms with Gasteiger partial charge >= 0.3 is 12.1 Å². The predicted molar refractivity (Wildman–Crippen MR) is 96.8 cm³/mol. The van der Waals surface area contributed by atoms with Crippen LogP contribution in [0.25, 0.3) is 10.9 Å². The Kier molecular flexibility index (Phi) is 5.53. The van der Waals surface area contributed by atoms with Crippen molar-refractivity contribution < 1.29 is 27.5 Å². The quantitative estimate of drug-likeness (QED) is 0.636. The average Bonchev–Trinajstić information content (AvgIpc) is 2.92. The van der Waals surface area contributed by atoms with E-state index in [0.717, 1.165) is 4.90 Å². The first-order valence-corrected chi connectivity index (χ1v) is 9.45. The third-order valence-corrected chi connectivity index (χ3v) is 5.60. The molecule has 0 radical (unpaired) electrons. The number of alkyl halides is 3. The molecular weight excluding hydrogens is 499 g/mol. The highest BCUT2D eigenvalue weighted by Crippen LogP contribution is 2.38. The van der Waals surface area contributed by atoms with Crippen LogP contribution in [0.3, 0.4) is 0 Å². The summed E-state index contributed by atoms with van der Waals surface area (Å²) in [5.74, 6) is -2.30. The minimum Gasteiger partial charge on any atom is -0.469 e. The summed E-state index contributed by atoms with van der Waals surface area (Å²) < 4.78 is 44.9. The van der Waals surface area contributed by atoms with E-state index < -0.39 is 30.5 Å². The molecule has 0 saturated carbocycles. The molecule has 1 N–H and O–H groups in total. The summed E-state index contributed by atoms with van der Waals surface area (Å²) in [6.45, 7) is -1.62. The predicted octanol–water partition coefficient (Wildman–Crippen LogP) is 3.71. The molecule has 6 nitrogen and oxygen atoms in total. The summed E-state index contributed by atoms with van der Waals surface area (Å²) in [5.41, 5.74) is 1.80. The monoisotopic (exact) mass is 511 g/mol. The number of benzene rings is 1. The van der Waals surface area contributed by atoms with E-state index in [1.165, 1.54) is 7.11 Å². The molecule has 11 heteroatoms. The molecule has 1 atom stereocenters. The van der Waals surface area contributed by atoms with E-state index in [9.17, 15) is 22.8 Å². The van der Waals surface area contributed by atoms with E-state index in [1.807, 2.05) is 0 Å². The van der Waals surface area contributed by atoms with Crippen molar-refractivity contribution in [1.29, 1.82) is 0 Å². The fourth-order valence-corrected chi connectivity index (χ4v) is 4.35. The van der Waals surface area contributed by atoms with Crippen molar-refractivity contribution in [2.24, 2.45) is 5.92 Å². The van der Waals surface area contributed by atoms with E-state index >= 15 is 0 Å². The number of halogens is 5. The number of H-pyrrole nitrogens is 1. The molecule has 0 saturated heterocycles. The summed E-state index contributed by atoms with van der Waals surface area (Å²) in [6, 6.07) is 1.74. The smallest absolute Gasteiger partial charge is 0.406 e. The first-order valence-electron chi connectivity index (χ1n) is 7.87. The van der Waals surface area contributed by atoms with Crippen molar-refractivity contribution in [2.45, 2.75) is 25.6 Å². The molecule has 146 valence electrons. The van der Waals surface area contributed by atoms with Crippen LogP contribution in [0.1, 0.15) is 17.5 Å². The van der Waals surface area contributed by atoms with E-state index in [1.54, 1.807) is 6.07 Å². The van der Waals surface area contributed by atoms with Crippen LogP contribution >= 0.6 is 31.9 Å². The lowest BCUT2D eigenvalue weighted by Gasteiger charge is -2.25. The normalized spacial score (nSPS) is 17.8. The number of nitrogens with one attached hydrogen (secondary N) is 1. The molecule has 1 aromatic heterocycles. The second-order valence-electron chi connectivity index (χ2n) is 6.25. The van der Waals surface area contributed by atoms with Crippen molar-refractivity contribution in [1.82, 2.24) is 15.1 Å². The number of carbonyl (C=O) groups is 2. The number of carbonyl (C=O) groups excluding carboxylic acids is 2. The minimum absolute atomic E-state index is 0.129. The molecule has 1 amide bonds. The number of esters is 1. The van der Waals surface area contributed by atoms with Gasteiger partial charge in [0.05, 0.1) is 19.4 Å². The Morgan fingerprint density at radius 3 is 2.78 bits per heavy atom. The molecular formula is C16H14Br2F3N3O3. The van der Waals surface area contributed by atoms with Gasteiger partial charge in [0.15, 0.2) is 0 Å². The van der Waals surface area contributed by atoms with Crippen LogP contribution in [-0.2, 0) is 27.3 Å². The Bertz CT molecular complexity index is 914. The lowest BCUT2D eigenvalue weighted by molar-refractivity contribution is -0.165. The van der Waals surface area contributed by atoms with Crippen LogP contribution in [0.2, 0.25) is 0 Å². The van der Waals surface area contributed by atoms with Crippen molar-refractivity contribution in [3.8, 4) is 0 Å². The van der Waals surface area contributed by atoms with Crippen LogP contribution in [0.4, 0.5) is 13.2 Å². The highest BCUT2D eigenvalue weighted by atomic mass is 79.9. The lowest BCUT2D eigenvalue weighted by atomic mass is 9.93. The van der Waals surface area contributed by atoms with Crippen molar-refractivity contribution in [2.75, 3.05) is 13.7 Å². The molecule has 1 aliphatic heterocycles. The van der Waals surface area contributed by atoms with Crippen LogP contribution in [0, 0.1) is 5.92 Å². The number of hydrogen-bond acceptors (Lipinski definition) is 4. The maximum atomic E-state index is 13.1. The third kappa shape index (κ3) is 4.13. The Morgan fingerprint density at radius 1 is 1.44 bits per heavy atom. The minimum atomic E-state index is -4.56. The fourth-order valence-electron chi connectivity index (χ4n) is 3.27. The van der Waals surface area contributed by atoms with Gasteiger partial charge in [0.25, 0.3) is 0 Å². The standard InChI is InChI=1S/C16H14Br2F3N3O3/c1-27-11(25)4-8-2-7-3-10(17)13-12(14(18)23-22-13)9(7)5-24(15(8)26)6-16(19,20)21/h3,8H,2,4-6H2,1H3,(H,22,23)/t8-/m0/s1. The van der Waals surface area contributed by atoms with Gasteiger partial charge in [-0.15, -0.1) is 0 Å². The first kappa shape index (κ1) is 20.1. The number of aromatic amines is 1. The number of amides is 1. The summed E-state index contributed by atoms with van der Waals surface area (Å²) in [4.78, 5) is 25.2. The van der Waals surface area contributed by atoms with Crippen LogP contribution in [0.5, 0.6) is 0 Å². The van der Waals surface area contributed by atoms with Crippen molar-refractivity contribution in [3.63, 3.8) is 0 Å². The van der Waals surface area contributed by atoms with E-state index in [2.05, 4.69) is 46.8 Å². The molecule has 1 aliphatic rings. The van der Waals surface area contributed by atoms with Crippen LogP contribution in [-0.4, -0.2) is 46.8 Å². The molecule has 3 rings (SSSR count). The number of nitrogens with zero attached hydrogens (tertiary/aromatic N) is 2. The highest BCUT2D eigenvalue weighted by molar-refractivity contribution is 9.11. The highest BCUT2D eigenvalue weighted by Gasteiger charge is 2.39. The lowest BCUT2D eigenvalue weighted by Crippen LogP contribution is -2.41. The Labute approximate surface area is 168 Å². The zero-order valence-electron chi connectivity index (χ0n) is 14.0. The average molecular weight is 513 g/mol. The van der Waals surface area contributed by atoms with E-state index in [0.29, 0.717) is 31.1 Å². The number of aromatic nitrogens is 2. The SMILES string of the molecule is COC(=O)C[C@@H]1Cc2cc(Br)c3n[nH]c(Br)c3c2CN(CC(F)(F)F)C1=O. The molecule has 0 fully saturated rings. The Hall–Kier alpha value is -1.62. The molecule has 0 aliphatic carbocycles. The van der Waals surface area contributed by atoms with Crippen molar-refractivity contribution >= 4 is 54.6 Å². The zero-order chi connectivity index (χ0) is 19.9. The summed E-state index contributed by atoms with van der Waals surface area (Å²) in [7, 11) is 1.17. The maximum Gasteiger partial charge on any atom is 0.406 e. The van der Waals surface area contributed by atoms with E-state index in [4.69, 9.17) is 0 Å². The number of hydrogen-bond donors (Lipinski definition) is 1. The molecule has 27 heavy (non-hydrogen) atoms. The zero-order valence-corrected chi connectivity index (χ0v) is 17.2. The second-order valence-corrected chi connectivity index (χ2v) is 7.90. The van der Waals surface area contributed by atoms with Gasteiger partial charge < -0.3 is 9.64 Å². The summed E-state index contributed by atoms with van der Waals surface area (Å²) in [5, 5.41) is 7.50. The Balaban J connectivity index is 2.13.